The third-order valence-electron chi connectivity index (χ3n) is 4.58. The Labute approximate surface area is 137 Å². The molecule has 3 nitrogen and oxygen atoms in total. The molecule has 24 heavy (non-hydrogen) atoms. The van der Waals surface area contributed by atoms with E-state index in [1.54, 1.807) is 12.1 Å². The van der Waals surface area contributed by atoms with Gasteiger partial charge in [0.1, 0.15) is 11.3 Å². The molecule has 3 heteroatoms. The van der Waals surface area contributed by atoms with E-state index in [1.165, 1.54) is 0 Å². The van der Waals surface area contributed by atoms with Gasteiger partial charge in [-0.3, -0.25) is 0 Å². The van der Waals surface area contributed by atoms with Crippen molar-refractivity contribution in [2.45, 2.75) is 0 Å². The number of aromatic hydroxyl groups is 1. The van der Waals surface area contributed by atoms with E-state index in [9.17, 15) is 9.90 Å². The first-order chi connectivity index (χ1) is 11.8. The van der Waals surface area contributed by atoms with Crippen LogP contribution >= 0.6 is 0 Å². The Balaban J connectivity index is 1.93. The number of hydrogen-bond donors (Lipinski definition) is 1. The monoisotopic (exact) mass is 312 g/mol. The second-order valence-electron chi connectivity index (χ2n) is 5.89. The molecule has 0 amide bonds. The molecule has 0 saturated heterocycles. The van der Waals surface area contributed by atoms with Crippen molar-refractivity contribution in [3.8, 4) is 39.3 Å². The van der Waals surface area contributed by atoms with Crippen LogP contribution in [0.5, 0.6) is 5.75 Å². The van der Waals surface area contributed by atoms with Crippen molar-refractivity contribution < 1.29 is 9.52 Å². The predicted octanol–water partition coefficient (Wildman–Crippen LogP) is 4.81. The van der Waals surface area contributed by atoms with Gasteiger partial charge in [-0.1, -0.05) is 66.7 Å². The Hall–Kier alpha value is -3.33. The van der Waals surface area contributed by atoms with Gasteiger partial charge < -0.3 is 9.52 Å². The Morgan fingerprint density at radius 3 is 2.21 bits per heavy atom. The average molecular weight is 312 g/mol. The number of rotatable bonds is 1. The van der Waals surface area contributed by atoms with Gasteiger partial charge in [0.15, 0.2) is 5.76 Å². The molecule has 0 bridgehead atoms. The second kappa shape index (κ2) is 4.59. The molecule has 1 N–H and O–H groups in total. The smallest absolute Gasteiger partial charge is 0.348 e. The molecule has 4 aromatic rings. The summed E-state index contributed by atoms with van der Waals surface area (Å²) in [4.78, 5) is 12.5. The van der Waals surface area contributed by atoms with Crippen molar-refractivity contribution >= 4 is 10.8 Å². The fraction of sp³-hybridized carbons (Fsp3) is 0. The second-order valence-corrected chi connectivity index (χ2v) is 5.89. The van der Waals surface area contributed by atoms with Crippen LogP contribution < -0.4 is 5.63 Å². The third-order valence-corrected chi connectivity index (χ3v) is 4.58. The topological polar surface area (TPSA) is 50.4 Å². The van der Waals surface area contributed by atoms with E-state index >= 15 is 0 Å². The van der Waals surface area contributed by atoms with Gasteiger partial charge in [0.05, 0.1) is 5.56 Å². The standard InChI is InChI=1S/C21H12O3/c22-19-17(13-6-2-1-3-7-13)21(23)24-20-15-11-5-9-12-8-4-10-14(16(12)15)18(19)20/h1-11,22H. The summed E-state index contributed by atoms with van der Waals surface area (Å²) in [5, 5.41) is 13.0. The minimum atomic E-state index is -0.526. The molecular weight excluding hydrogens is 300 g/mol. The third kappa shape index (κ3) is 1.58. The zero-order valence-electron chi connectivity index (χ0n) is 12.6. The average Bonchev–Trinajstić information content (AvgIpc) is 2.92. The normalized spacial score (nSPS) is 11.7. The molecule has 0 spiro atoms. The highest BCUT2D eigenvalue weighted by Gasteiger charge is 2.30. The number of hydrogen-bond acceptors (Lipinski definition) is 3. The van der Waals surface area contributed by atoms with Crippen LogP contribution in [-0.2, 0) is 0 Å². The van der Waals surface area contributed by atoms with E-state index in [0.29, 0.717) is 16.9 Å². The maximum Gasteiger partial charge on any atom is 0.348 e. The van der Waals surface area contributed by atoms with E-state index < -0.39 is 5.63 Å². The number of fused-ring (bicyclic) bond motifs is 3. The summed E-state index contributed by atoms with van der Waals surface area (Å²) in [6, 6.07) is 20.9. The molecule has 0 unspecified atom stereocenters. The van der Waals surface area contributed by atoms with Crippen LogP contribution in [0, 0.1) is 0 Å². The Bertz CT molecular complexity index is 1170. The molecule has 1 aromatic heterocycles. The van der Waals surface area contributed by atoms with Gasteiger partial charge in [-0.25, -0.2) is 4.79 Å². The molecule has 0 radical (unpaired) electrons. The largest absolute Gasteiger partial charge is 0.506 e. The van der Waals surface area contributed by atoms with Gasteiger partial charge in [-0.2, -0.15) is 0 Å². The molecule has 0 saturated carbocycles. The molecule has 0 aliphatic heterocycles. The minimum absolute atomic E-state index is 0.0175. The number of benzene rings is 3. The van der Waals surface area contributed by atoms with Crippen LogP contribution in [0.2, 0.25) is 0 Å². The van der Waals surface area contributed by atoms with Crippen molar-refractivity contribution in [1.82, 2.24) is 0 Å². The van der Waals surface area contributed by atoms with Crippen molar-refractivity contribution in [1.29, 1.82) is 0 Å². The summed E-state index contributed by atoms with van der Waals surface area (Å²) in [7, 11) is 0. The molecule has 5 rings (SSSR count). The molecule has 0 fully saturated rings. The van der Waals surface area contributed by atoms with Crippen LogP contribution in [-0.4, -0.2) is 5.11 Å². The van der Waals surface area contributed by atoms with Crippen LogP contribution in [0.25, 0.3) is 44.3 Å². The SMILES string of the molecule is O=c1oc2c(c(O)c1-c1ccccc1)-c1cccc3cccc-2c13. The van der Waals surface area contributed by atoms with Gasteiger partial charge in [0.2, 0.25) is 0 Å². The minimum Gasteiger partial charge on any atom is -0.506 e. The van der Waals surface area contributed by atoms with E-state index in [1.807, 2.05) is 54.6 Å². The van der Waals surface area contributed by atoms with Crippen LogP contribution in [0.4, 0.5) is 0 Å². The maximum absolute atomic E-state index is 12.5. The summed E-state index contributed by atoms with van der Waals surface area (Å²) in [6.07, 6.45) is 0. The fourth-order valence-corrected chi connectivity index (χ4v) is 3.56. The summed E-state index contributed by atoms with van der Waals surface area (Å²) < 4.78 is 5.64. The summed E-state index contributed by atoms with van der Waals surface area (Å²) in [6.45, 7) is 0. The zero-order valence-corrected chi connectivity index (χ0v) is 12.6. The van der Waals surface area contributed by atoms with Crippen molar-refractivity contribution in [3.05, 3.63) is 77.2 Å². The Morgan fingerprint density at radius 2 is 1.46 bits per heavy atom. The lowest BCUT2D eigenvalue weighted by molar-refractivity contribution is 0.460. The van der Waals surface area contributed by atoms with Gasteiger partial charge in [-0.05, 0) is 16.5 Å². The molecule has 0 atom stereocenters. The summed E-state index contributed by atoms with van der Waals surface area (Å²) in [5.74, 6) is 0.431. The highest BCUT2D eigenvalue weighted by Crippen LogP contribution is 2.51. The quantitative estimate of drug-likeness (QED) is 0.483. The fourth-order valence-electron chi connectivity index (χ4n) is 3.56. The molecule has 1 aliphatic rings. The zero-order chi connectivity index (χ0) is 16.3. The molecule has 1 aliphatic carbocycles. The van der Waals surface area contributed by atoms with Gasteiger partial charge >= 0.3 is 5.63 Å². The molecular formula is C21H12O3. The first-order valence-electron chi connectivity index (χ1n) is 7.73. The first-order valence-corrected chi connectivity index (χ1v) is 7.73. The van der Waals surface area contributed by atoms with Crippen LogP contribution in [0.15, 0.2) is 75.9 Å². The first kappa shape index (κ1) is 13.1. The Morgan fingerprint density at radius 1 is 0.750 bits per heavy atom. The van der Waals surface area contributed by atoms with Gasteiger partial charge in [0.25, 0.3) is 0 Å². The maximum atomic E-state index is 12.5. The van der Waals surface area contributed by atoms with E-state index in [-0.39, 0.29) is 11.3 Å². The summed E-state index contributed by atoms with van der Waals surface area (Å²) in [5.41, 5.74) is 2.68. The predicted molar refractivity (Wildman–Crippen MR) is 94.0 cm³/mol. The highest BCUT2D eigenvalue weighted by atomic mass is 16.4. The molecule has 1 heterocycles. The lowest BCUT2D eigenvalue weighted by Gasteiger charge is -2.08. The van der Waals surface area contributed by atoms with Crippen molar-refractivity contribution in [3.63, 3.8) is 0 Å². The van der Waals surface area contributed by atoms with Gasteiger partial charge in [-0.15, -0.1) is 0 Å². The van der Waals surface area contributed by atoms with E-state index in [4.69, 9.17) is 4.42 Å². The van der Waals surface area contributed by atoms with E-state index in [0.717, 1.165) is 21.9 Å². The lowest BCUT2D eigenvalue weighted by atomic mass is 10.00. The lowest BCUT2D eigenvalue weighted by Crippen LogP contribution is -2.04. The van der Waals surface area contributed by atoms with Crippen LogP contribution in [0.3, 0.4) is 0 Å². The van der Waals surface area contributed by atoms with E-state index in [2.05, 4.69) is 0 Å². The van der Waals surface area contributed by atoms with Crippen molar-refractivity contribution in [2.75, 3.05) is 0 Å². The van der Waals surface area contributed by atoms with Crippen LogP contribution in [0.1, 0.15) is 0 Å². The van der Waals surface area contributed by atoms with Gasteiger partial charge in [0, 0.05) is 10.9 Å². The molecule has 114 valence electrons. The summed E-state index contributed by atoms with van der Waals surface area (Å²) >= 11 is 0. The molecule has 3 aromatic carbocycles. The highest BCUT2D eigenvalue weighted by molar-refractivity contribution is 6.15. The van der Waals surface area contributed by atoms with Crippen molar-refractivity contribution in [2.24, 2.45) is 0 Å². The Kier molecular flexibility index (Phi) is 2.51.